The van der Waals surface area contributed by atoms with Gasteiger partial charge < -0.3 is 4.74 Å². The van der Waals surface area contributed by atoms with Crippen LogP contribution in [0.2, 0.25) is 0 Å². The molecule has 0 spiro atoms. The van der Waals surface area contributed by atoms with Crippen LogP contribution in [0, 0.1) is 6.92 Å². The van der Waals surface area contributed by atoms with E-state index in [9.17, 15) is 8.42 Å². The summed E-state index contributed by atoms with van der Waals surface area (Å²) >= 11 is 0. The van der Waals surface area contributed by atoms with E-state index < -0.39 is 9.84 Å². The summed E-state index contributed by atoms with van der Waals surface area (Å²) in [6, 6.07) is 8.01. The maximum absolute atomic E-state index is 11.4. The molecule has 1 aromatic carbocycles. The number of hydrogen-bond donors (Lipinski definition) is 0. The van der Waals surface area contributed by atoms with Gasteiger partial charge in [0.25, 0.3) is 0 Å². The summed E-state index contributed by atoms with van der Waals surface area (Å²) in [7, 11) is -2.93. The Labute approximate surface area is 129 Å². The van der Waals surface area contributed by atoms with Crippen LogP contribution in [0.15, 0.2) is 24.3 Å². The van der Waals surface area contributed by atoms with Gasteiger partial charge in [0.15, 0.2) is 0 Å². The highest BCUT2D eigenvalue weighted by molar-refractivity contribution is 7.90. The summed E-state index contributed by atoms with van der Waals surface area (Å²) in [5.41, 5.74) is 1.13. The van der Waals surface area contributed by atoms with Crippen molar-refractivity contribution in [3.63, 3.8) is 0 Å². The van der Waals surface area contributed by atoms with E-state index in [0.29, 0.717) is 6.61 Å². The van der Waals surface area contributed by atoms with Gasteiger partial charge in [0.1, 0.15) is 15.6 Å². The van der Waals surface area contributed by atoms with Crippen LogP contribution < -0.4 is 4.74 Å². The number of para-hydroxylation sites is 1. The molecule has 0 N–H and O–H groups in total. The molecule has 1 aromatic rings. The maximum Gasteiger partial charge on any atom is 0.148 e. The van der Waals surface area contributed by atoms with Crippen molar-refractivity contribution in [1.29, 1.82) is 0 Å². The van der Waals surface area contributed by atoms with Gasteiger partial charge in [-0.2, -0.15) is 0 Å². The van der Waals surface area contributed by atoms with Gasteiger partial charge >= 0.3 is 0 Å². The number of sulfone groups is 1. The molecule has 0 saturated heterocycles. The lowest BCUT2D eigenvalue weighted by Gasteiger charge is -2.27. The van der Waals surface area contributed by atoms with Crippen LogP contribution >= 0.6 is 0 Å². The third-order valence-corrected chi connectivity index (χ3v) is 4.60. The molecule has 1 atom stereocenters. The minimum Gasteiger partial charge on any atom is -0.493 e. The number of rotatable bonds is 9. The fraction of sp³-hybridized carbons (Fsp3) is 0.625. The molecule has 0 fully saturated rings. The highest BCUT2D eigenvalue weighted by Crippen LogP contribution is 2.16. The zero-order valence-corrected chi connectivity index (χ0v) is 14.3. The lowest BCUT2D eigenvalue weighted by molar-refractivity contribution is 0.207. The van der Waals surface area contributed by atoms with Crippen molar-refractivity contribution in [2.75, 3.05) is 31.7 Å². The SMILES string of the molecule is CCN(CCCOc1ccccc1C)C(C)CS(C)(=O)=O. The summed E-state index contributed by atoms with van der Waals surface area (Å²) in [5, 5.41) is 0. The molecule has 21 heavy (non-hydrogen) atoms. The number of benzene rings is 1. The second kappa shape index (κ2) is 8.39. The fourth-order valence-corrected chi connectivity index (χ4v) is 3.49. The molecule has 0 aromatic heterocycles. The molecule has 0 bridgehead atoms. The van der Waals surface area contributed by atoms with E-state index in [0.717, 1.165) is 30.8 Å². The molecule has 120 valence electrons. The minimum atomic E-state index is -2.93. The first-order valence-electron chi connectivity index (χ1n) is 7.43. The molecular weight excluding hydrogens is 286 g/mol. The molecule has 4 nitrogen and oxygen atoms in total. The van der Waals surface area contributed by atoms with Gasteiger partial charge in [-0.15, -0.1) is 0 Å². The average Bonchev–Trinajstić information content (AvgIpc) is 2.38. The van der Waals surface area contributed by atoms with Crippen molar-refractivity contribution in [2.24, 2.45) is 0 Å². The summed E-state index contributed by atoms with van der Waals surface area (Å²) in [6.07, 6.45) is 2.18. The lowest BCUT2D eigenvalue weighted by atomic mass is 10.2. The van der Waals surface area contributed by atoms with Crippen molar-refractivity contribution in [3.05, 3.63) is 29.8 Å². The van der Waals surface area contributed by atoms with Crippen LogP contribution in [0.4, 0.5) is 0 Å². The average molecular weight is 313 g/mol. The summed E-state index contributed by atoms with van der Waals surface area (Å²) in [5.74, 6) is 1.13. The molecule has 0 saturated carbocycles. The van der Waals surface area contributed by atoms with Crippen LogP contribution in [0.3, 0.4) is 0 Å². The molecule has 1 unspecified atom stereocenters. The van der Waals surface area contributed by atoms with Crippen molar-refractivity contribution < 1.29 is 13.2 Å². The number of hydrogen-bond acceptors (Lipinski definition) is 4. The van der Waals surface area contributed by atoms with Crippen LogP contribution in [0.25, 0.3) is 0 Å². The third-order valence-electron chi connectivity index (χ3n) is 3.51. The second-order valence-electron chi connectivity index (χ2n) is 5.54. The first kappa shape index (κ1) is 18.0. The van der Waals surface area contributed by atoms with Gasteiger partial charge in [-0.05, 0) is 38.4 Å². The van der Waals surface area contributed by atoms with E-state index in [1.165, 1.54) is 6.26 Å². The zero-order chi connectivity index (χ0) is 15.9. The number of nitrogens with zero attached hydrogens (tertiary/aromatic N) is 1. The van der Waals surface area contributed by atoms with E-state index in [4.69, 9.17) is 4.74 Å². The van der Waals surface area contributed by atoms with Gasteiger partial charge in [0.2, 0.25) is 0 Å². The predicted octanol–water partition coefficient (Wildman–Crippen LogP) is 2.52. The monoisotopic (exact) mass is 313 g/mol. The smallest absolute Gasteiger partial charge is 0.148 e. The number of aryl methyl sites for hydroxylation is 1. The summed E-state index contributed by atoms with van der Waals surface area (Å²) < 4.78 is 28.5. The third kappa shape index (κ3) is 6.96. The van der Waals surface area contributed by atoms with Crippen LogP contribution in [-0.4, -0.2) is 51.1 Å². The molecule has 1 rings (SSSR count). The first-order chi connectivity index (χ1) is 9.83. The maximum atomic E-state index is 11.4. The summed E-state index contributed by atoms with van der Waals surface area (Å²) in [4.78, 5) is 2.18. The largest absolute Gasteiger partial charge is 0.493 e. The van der Waals surface area contributed by atoms with Crippen molar-refractivity contribution in [1.82, 2.24) is 4.90 Å². The van der Waals surface area contributed by atoms with Gasteiger partial charge in [-0.3, -0.25) is 4.90 Å². The molecule has 5 heteroatoms. The van der Waals surface area contributed by atoms with E-state index >= 15 is 0 Å². The standard InChI is InChI=1S/C16H27NO3S/c1-5-17(15(3)13-21(4,18)19)11-8-12-20-16-10-7-6-9-14(16)2/h6-7,9-10,15H,5,8,11-13H2,1-4H3. The topological polar surface area (TPSA) is 46.6 Å². The van der Waals surface area contributed by atoms with E-state index in [1.807, 2.05) is 38.1 Å². The molecule has 0 aliphatic carbocycles. The Hall–Kier alpha value is -1.07. The highest BCUT2D eigenvalue weighted by atomic mass is 32.2. The Morgan fingerprint density at radius 2 is 1.95 bits per heavy atom. The molecule has 0 aliphatic heterocycles. The van der Waals surface area contributed by atoms with Gasteiger partial charge in [-0.25, -0.2) is 8.42 Å². The van der Waals surface area contributed by atoms with Gasteiger partial charge in [-0.1, -0.05) is 25.1 Å². The Bertz CT molecular complexity index is 528. The van der Waals surface area contributed by atoms with Crippen molar-refractivity contribution in [2.45, 2.75) is 33.2 Å². The molecule has 0 amide bonds. The normalized spacial score (nSPS) is 13.4. The van der Waals surface area contributed by atoms with E-state index in [2.05, 4.69) is 11.8 Å². The van der Waals surface area contributed by atoms with Crippen LogP contribution in [0.5, 0.6) is 5.75 Å². The molecule has 0 aliphatic rings. The molecule has 0 radical (unpaired) electrons. The van der Waals surface area contributed by atoms with E-state index in [1.54, 1.807) is 0 Å². The van der Waals surface area contributed by atoms with Crippen LogP contribution in [0.1, 0.15) is 25.8 Å². The zero-order valence-electron chi connectivity index (χ0n) is 13.5. The predicted molar refractivity (Wildman–Crippen MR) is 87.7 cm³/mol. The Morgan fingerprint density at radius 3 is 2.52 bits per heavy atom. The van der Waals surface area contributed by atoms with Gasteiger partial charge in [0, 0.05) is 18.8 Å². The quantitative estimate of drug-likeness (QED) is 0.657. The van der Waals surface area contributed by atoms with Crippen molar-refractivity contribution in [3.8, 4) is 5.75 Å². The first-order valence-corrected chi connectivity index (χ1v) is 9.49. The number of ether oxygens (including phenoxy) is 1. The second-order valence-corrected chi connectivity index (χ2v) is 7.72. The van der Waals surface area contributed by atoms with Crippen molar-refractivity contribution >= 4 is 9.84 Å². The molecular formula is C16H27NO3S. The van der Waals surface area contributed by atoms with Gasteiger partial charge in [0.05, 0.1) is 12.4 Å². The minimum absolute atomic E-state index is 0.0449. The summed E-state index contributed by atoms with van der Waals surface area (Å²) in [6.45, 7) is 8.39. The Morgan fingerprint density at radius 1 is 1.29 bits per heavy atom. The highest BCUT2D eigenvalue weighted by Gasteiger charge is 2.16. The van der Waals surface area contributed by atoms with Crippen LogP contribution in [-0.2, 0) is 9.84 Å². The van der Waals surface area contributed by atoms with E-state index in [-0.39, 0.29) is 11.8 Å². The molecule has 0 heterocycles. The Kier molecular flexibility index (Phi) is 7.18. The fourth-order valence-electron chi connectivity index (χ4n) is 2.40. The Balaban J connectivity index is 2.37. The lowest BCUT2D eigenvalue weighted by Crippen LogP contribution is -2.38.